The summed E-state index contributed by atoms with van der Waals surface area (Å²) in [6.07, 6.45) is 3.88. The van der Waals surface area contributed by atoms with Gasteiger partial charge in [-0.1, -0.05) is 36.3 Å². The van der Waals surface area contributed by atoms with Crippen molar-refractivity contribution in [3.05, 3.63) is 41.2 Å². The van der Waals surface area contributed by atoms with E-state index in [0.29, 0.717) is 12.3 Å². The zero-order valence-electron chi connectivity index (χ0n) is 13.5. The number of aromatic nitrogens is 3. The Kier molecular flexibility index (Phi) is 6.40. The number of benzene rings is 1. The lowest BCUT2D eigenvalue weighted by Gasteiger charge is -2.08. The first-order chi connectivity index (χ1) is 10.7. The molecule has 1 heterocycles. The predicted molar refractivity (Wildman–Crippen MR) is 85.8 cm³/mol. The Balaban J connectivity index is 1.74. The van der Waals surface area contributed by atoms with Gasteiger partial charge in [-0.05, 0) is 38.3 Å². The number of aryl methyl sites for hydroxylation is 2. The van der Waals surface area contributed by atoms with Crippen LogP contribution in [0.1, 0.15) is 43.1 Å². The highest BCUT2D eigenvalue weighted by molar-refractivity contribution is 5.26. The third kappa shape index (κ3) is 4.56. The van der Waals surface area contributed by atoms with Crippen molar-refractivity contribution in [2.24, 2.45) is 0 Å². The molecule has 1 aromatic carbocycles. The van der Waals surface area contributed by atoms with Gasteiger partial charge in [-0.3, -0.25) is 0 Å². The van der Waals surface area contributed by atoms with Gasteiger partial charge in [0.2, 0.25) is 0 Å². The Morgan fingerprint density at radius 1 is 1.18 bits per heavy atom. The standard InChI is InChI=1S/C17H25N3O2/c1-3-6-17-16(13-21)18-19-20(17)11-4-5-12-22-15-9-7-14(2)8-10-15/h7-10,21H,3-6,11-13H2,1-2H3. The van der Waals surface area contributed by atoms with E-state index >= 15 is 0 Å². The molecule has 22 heavy (non-hydrogen) atoms. The monoisotopic (exact) mass is 303 g/mol. The van der Waals surface area contributed by atoms with Crippen molar-refractivity contribution in [2.45, 2.75) is 52.7 Å². The number of nitrogens with zero attached hydrogens (tertiary/aromatic N) is 3. The van der Waals surface area contributed by atoms with Gasteiger partial charge in [-0.2, -0.15) is 0 Å². The molecule has 0 atom stereocenters. The molecule has 0 fully saturated rings. The molecule has 0 aliphatic heterocycles. The molecule has 0 saturated carbocycles. The van der Waals surface area contributed by atoms with Crippen molar-refractivity contribution < 1.29 is 9.84 Å². The maximum atomic E-state index is 9.28. The van der Waals surface area contributed by atoms with Gasteiger partial charge in [-0.25, -0.2) is 4.68 Å². The summed E-state index contributed by atoms with van der Waals surface area (Å²) in [5.41, 5.74) is 3.00. The summed E-state index contributed by atoms with van der Waals surface area (Å²) in [5.74, 6) is 0.917. The lowest BCUT2D eigenvalue weighted by Crippen LogP contribution is -2.08. The first kappa shape index (κ1) is 16.5. The van der Waals surface area contributed by atoms with Gasteiger partial charge in [0.05, 0.1) is 18.9 Å². The van der Waals surface area contributed by atoms with Gasteiger partial charge in [-0.15, -0.1) is 5.10 Å². The van der Waals surface area contributed by atoms with E-state index in [1.807, 2.05) is 16.8 Å². The third-order valence-corrected chi connectivity index (χ3v) is 3.61. The van der Waals surface area contributed by atoms with E-state index < -0.39 is 0 Å². The fourth-order valence-corrected chi connectivity index (χ4v) is 2.37. The second-order valence-corrected chi connectivity index (χ2v) is 5.48. The van der Waals surface area contributed by atoms with Gasteiger partial charge in [0.15, 0.2) is 0 Å². The van der Waals surface area contributed by atoms with Crippen LogP contribution in [0.4, 0.5) is 0 Å². The molecular weight excluding hydrogens is 278 g/mol. The maximum Gasteiger partial charge on any atom is 0.119 e. The second-order valence-electron chi connectivity index (χ2n) is 5.48. The van der Waals surface area contributed by atoms with Crippen molar-refractivity contribution in [3.63, 3.8) is 0 Å². The summed E-state index contributed by atoms with van der Waals surface area (Å²) in [6, 6.07) is 8.11. The van der Waals surface area contributed by atoms with Crippen molar-refractivity contribution in [1.29, 1.82) is 0 Å². The summed E-state index contributed by atoms with van der Waals surface area (Å²) >= 11 is 0. The molecule has 120 valence electrons. The number of aliphatic hydroxyl groups is 1. The van der Waals surface area contributed by atoms with Crippen LogP contribution in [0.15, 0.2) is 24.3 Å². The van der Waals surface area contributed by atoms with E-state index in [-0.39, 0.29) is 6.61 Å². The van der Waals surface area contributed by atoms with Crippen LogP contribution >= 0.6 is 0 Å². The summed E-state index contributed by atoms with van der Waals surface area (Å²) < 4.78 is 7.64. The summed E-state index contributed by atoms with van der Waals surface area (Å²) in [5, 5.41) is 17.5. The largest absolute Gasteiger partial charge is 0.494 e. The number of ether oxygens (including phenoxy) is 1. The number of hydrogen-bond donors (Lipinski definition) is 1. The quantitative estimate of drug-likeness (QED) is 0.724. The molecule has 5 heteroatoms. The first-order valence-corrected chi connectivity index (χ1v) is 7.96. The van der Waals surface area contributed by atoms with Gasteiger partial charge < -0.3 is 9.84 Å². The van der Waals surface area contributed by atoms with Crippen LogP contribution in [0, 0.1) is 6.92 Å². The molecule has 1 N–H and O–H groups in total. The fourth-order valence-electron chi connectivity index (χ4n) is 2.37. The third-order valence-electron chi connectivity index (χ3n) is 3.61. The van der Waals surface area contributed by atoms with Crippen molar-refractivity contribution in [2.75, 3.05) is 6.61 Å². The van der Waals surface area contributed by atoms with Gasteiger partial charge in [0.25, 0.3) is 0 Å². The Hall–Kier alpha value is -1.88. The molecule has 0 unspecified atom stereocenters. The Morgan fingerprint density at radius 2 is 1.95 bits per heavy atom. The SMILES string of the molecule is CCCc1c(CO)nnn1CCCCOc1ccc(C)cc1. The minimum absolute atomic E-state index is 0.0358. The van der Waals surface area contributed by atoms with Crippen LogP contribution in [-0.4, -0.2) is 26.7 Å². The molecule has 0 aliphatic rings. The zero-order chi connectivity index (χ0) is 15.8. The highest BCUT2D eigenvalue weighted by Crippen LogP contribution is 2.13. The highest BCUT2D eigenvalue weighted by Gasteiger charge is 2.10. The number of aliphatic hydroxyl groups excluding tert-OH is 1. The van der Waals surface area contributed by atoms with Gasteiger partial charge >= 0.3 is 0 Å². The fraction of sp³-hybridized carbons (Fsp3) is 0.529. The molecule has 0 aliphatic carbocycles. The van der Waals surface area contributed by atoms with Crippen LogP contribution in [0.5, 0.6) is 5.75 Å². The molecule has 5 nitrogen and oxygen atoms in total. The molecule has 0 amide bonds. The van der Waals surface area contributed by atoms with Crippen molar-refractivity contribution >= 4 is 0 Å². The topological polar surface area (TPSA) is 60.2 Å². The summed E-state index contributed by atoms with van der Waals surface area (Å²) in [6.45, 7) is 5.67. The smallest absolute Gasteiger partial charge is 0.119 e. The Bertz CT molecular complexity index is 564. The second kappa shape index (κ2) is 8.54. The van der Waals surface area contributed by atoms with Crippen LogP contribution in [0.2, 0.25) is 0 Å². The number of hydrogen-bond acceptors (Lipinski definition) is 4. The van der Waals surface area contributed by atoms with E-state index in [4.69, 9.17) is 4.74 Å². The molecular formula is C17H25N3O2. The number of unbranched alkanes of at least 4 members (excludes halogenated alkanes) is 1. The van der Waals surface area contributed by atoms with E-state index in [1.54, 1.807) is 0 Å². The minimum Gasteiger partial charge on any atom is -0.494 e. The molecule has 0 radical (unpaired) electrons. The molecule has 1 aromatic heterocycles. The molecule has 0 spiro atoms. The van der Waals surface area contributed by atoms with Crippen LogP contribution < -0.4 is 4.74 Å². The van der Waals surface area contributed by atoms with E-state index in [0.717, 1.165) is 43.7 Å². The van der Waals surface area contributed by atoms with Crippen LogP contribution in [0.3, 0.4) is 0 Å². The van der Waals surface area contributed by atoms with Gasteiger partial charge in [0, 0.05) is 6.54 Å². The number of rotatable bonds is 9. The van der Waals surface area contributed by atoms with Crippen molar-refractivity contribution in [1.82, 2.24) is 15.0 Å². The van der Waals surface area contributed by atoms with Crippen LogP contribution in [0.25, 0.3) is 0 Å². The predicted octanol–water partition coefficient (Wildman–Crippen LogP) is 2.89. The summed E-state index contributed by atoms with van der Waals surface area (Å²) in [7, 11) is 0. The molecule has 2 rings (SSSR count). The zero-order valence-corrected chi connectivity index (χ0v) is 13.5. The lowest BCUT2D eigenvalue weighted by molar-refractivity contribution is 0.275. The minimum atomic E-state index is -0.0358. The Labute approximate surface area is 131 Å². The lowest BCUT2D eigenvalue weighted by atomic mass is 10.2. The average molecular weight is 303 g/mol. The van der Waals surface area contributed by atoms with Crippen LogP contribution in [-0.2, 0) is 19.6 Å². The molecule has 0 saturated heterocycles. The van der Waals surface area contributed by atoms with E-state index in [1.165, 1.54) is 5.56 Å². The Morgan fingerprint density at radius 3 is 2.64 bits per heavy atom. The normalized spacial score (nSPS) is 10.9. The first-order valence-electron chi connectivity index (χ1n) is 7.96. The highest BCUT2D eigenvalue weighted by atomic mass is 16.5. The van der Waals surface area contributed by atoms with Crippen molar-refractivity contribution in [3.8, 4) is 5.75 Å². The van der Waals surface area contributed by atoms with Gasteiger partial charge in [0.1, 0.15) is 11.4 Å². The van der Waals surface area contributed by atoms with E-state index in [9.17, 15) is 5.11 Å². The maximum absolute atomic E-state index is 9.28. The molecule has 2 aromatic rings. The van der Waals surface area contributed by atoms with E-state index in [2.05, 4.69) is 36.3 Å². The molecule has 0 bridgehead atoms. The average Bonchev–Trinajstić information content (AvgIpc) is 2.91. The summed E-state index contributed by atoms with van der Waals surface area (Å²) in [4.78, 5) is 0.